The monoisotopic (exact) mass is 336 g/mol. The number of hydrogen-bond donors (Lipinski definition) is 2. The number of sulfonamides is 1. The van der Waals surface area contributed by atoms with E-state index in [9.17, 15) is 8.42 Å². The molecule has 2 rings (SSSR count). The number of benzene rings is 1. The van der Waals surface area contributed by atoms with Crippen LogP contribution in [0.4, 0.5) is 0 Å². The first-order valence-corrected chi connectivity index (χ1v) is 8.87. The summed E-state index contributed by atoms with van der Waals surface area (Å²) in [5, 5.41) is 0.236. The van der Waals surface area contributed by atoms with Crippen LogP contribution in [0.2, 0.25) is 10.0 Å². The summed E-state index contributed by atoms with van der Waals surface area (Å²) in [6, 6.07) is 4.19. The van der Waals surface area contributed by atoms with Crippen molar-refractivity contribution in [3.8, 4) is 0 Å². The molecule has 0 amide bonds. The molecule has 0 aliphatic heterocycles. The number of halogens is 2. The van der Waals surface area contributed by atoms with Crippen LogP contribution in [0.5, 0.6) is 0 Å². The van der Waals surface area contributed by atoms with Crippen LogP contribution in [-0.2, 0) is 10.0 Å². The molecule has 3 N–H and O–H groups in total. The fraction of sp³-hybridized carbons (Fsp3) is 0.538. The van der Waals surface area contributed by atoms with Gasteiger partial charge in [0.05, 0.1) is 10.0 Å². The molecule has 2 atom stereocenters. The maximum Gasteiger partial charge on any atom is 0.243 e. The lowest BCUT2D eigenvalue weighted by atomic mass is 10.1. The zero-order chi connectivity index (χ0) is 14.8. The average molecular weight is 337 g/mol. The summed E-state index contributed by atoms with van der Waals surface area (Å²) in [6.45, 7) is 0. The van der Waals surface area contributed by atoms with Gasteiger partial charge in [0.1, 0.15) is 4.90 Å². The lowest BCUT2D eigenvalue weighted by Gasteiger charge is -2.23. The highest BCUT2D eigenvalue weighted by Gasteiger charge is 2.28. The quantitative estimate of drug-likeness (QED) is 0.833. The van der Waals surface area contributed by atoms with E-state index in [2.05, 4.69) is 4.72 Å². The van der Waals surface area contributed by atoms with E-state index in [1.165, 1.54) is 12.1 Å². The Labute approximate surface area is 129 Å². The van der Waals surface area contributed by atoms with Crippen molar-refractivity contribution in [1.82, 2.24) is 4.72 Å². The molecule has 1 aromatic carbocycles. The molecule has 112 valence electrons. The second kappa shape index (κ2) is 6.62. The first-order valence-electron chi connectivity index (χ1n) is 6.64. The van der Waals surface area contributed by atoms with Crippen molar-refractivity contribution in [2.75, 3.05) is 0 Å². The minimum absolute atomic E-state index is 0.0696. The van der Waals surface area contributed by atoms with E-state index in [0.29, 0.717) is 0 Å². The summed E-state index contributed by atoms with van der Waals surface area (Å²) in [6.07, 6.45) is 4.65. The Balaban J connectivity index is 2.26. The number of hydrogen-bond acceptors (Lipinski definition) is 3. The zero-order valence-corrected chi connectivity index (χ0v) is 13.3. The Morgan fingerprint density at radius 2 is 1.70 bits per heavy atom. The second-order valence-corrected chi connectivity index (χ2v) is 7.55. The molecule has 1 aliphatic carbocycles. The molecule has 1 aliphatic rings. The van der Waals surface area contributed by atoms with Gasteiger partial charge in [0.25, 0.3) is 0 Å². The smallest absolute Gasteiger partial charge is 0.243 e. The largest absolute Gasteiger partial charge is 0.326 e. The van der Waals surface area contributed by atoms with Gasteiger partial charge in [-0.25, -0.2) is 13.1 Å². The molecule has 0 aromatic heterocycles. The minimum Gasteiger partial charge on any atom is -0.326 e. The van der Waals surface area contributed by atoms with Crippen molar-refractivity contribution in [3.63, 3.8) is 0 Å². The molecule has 1 aromatic rings. The lowest BCUT2D eigenvalue weighted by molar-refractivity contribution is 0.456. The third kappa shape index (κ3) is 3.65. The minimum atomic E-state index is -3.76. The van der Waals surface area contributed by atoms with Gasteiger partial charge < -0.3 is 5.73 Å². The summed E-state index contributed by atoms with van der Waals surface area (Å²) in [4.78, 5) is -0.0696. The van der Waals surface area contributed by atoms with Crippen molar-refractivity contribution in [1.29, 1.82) is 0 Å². The van der Waals surface area contributed by atoms with E-state index >= 15 is 0 Å². The summed E-state index contributed by atoms with van der Waals surface area (Å²) in [5.41, 5.74) is 6.05. The van der Waals surface area contributed by atoms with Crippen LogP contribution >= 0.6 is 23.2 Å². The predicted octanol–water partition coefficient (Wildman–Crippen LogP) is 2.93. The molecular formula is C13H18Cl2N2O2S. The van der Waals surface area contributed by atoms with Crippen molar-refractivity contribution < 1.29 is 8.42 Å². The molecule has 0 saturated heterocycles. The standard InChI is InChI=1S/C13H18Cl2N2O2S/c14-9-5-4-6-10(15)13(9)20(18,19)17-12-8-3-1-2-7-11(12)16/h4-6,11-12,17H,1-3,7-8,16H2. The maximum absolute atomic E-state index is 12.5. The van der Waals surface area contributed by atoms with Gasteiger partial charge in [0.2, 0.25) is 10.0 Å². The first kappa shape index (κ1) is 16.0. The summed E-state index contributed by atoms with van der Waals surface area (Å²) in [7, 11) is -3.76. The fourth-order valence-corrected chi connectivity index (χ4v) is 4.95. The van der Waals surface area contributed by atoms with Crippen LogP contribution in [0.3, 0.4) is 0 Å². The van der Waals surface area contributed by atoms with E-state index in [1.54, 1.807) is 6.07 Å². The van der Waals surface area contributed by atoms with E-state index < -0.39 is 10.0 Å². The predicted molar refractivity (Wildman–Crippen MR) is 81.6 cm³/mol. The SMILES string of the molecule is NC1CCCCCC1NS(=O)(=O)c1c(Cl)cccc1Cl. The molecule has 0 radical (unpaired) electrons. The molecule has 1 fully saturated rings. The highest BCUT2D eigenvalue weighted by Crippen LogP contribution is 2.29. The summed E-state index contributed by atoms with van der Waals surface area (Å²) >= 11 is 11.9. The van der Waals surface area contributed by atoms with Crippen LogP contribution in [-0.4, -0.2) is 20.5 Å². The maximum atomic E-state index is 12.5. The lowest BCUT2D eigenvalue weighted by Crippen LogP contribution is -2.46. The van der Waals surface area contributed by atoms with Crippen LogP contribution in [0, 0.1) is 0 Å². The van der Waals surface area contributed by atoms with E-state index in [0.717, 1.165) is 32.1 Å². The molecular weight excluding hydrogens is 319 g/mol. The van der Waals surface area contributed by atoms with Gasteiger partial charge >= 0.3 is 0 Å². The fourth-order valence-electron chi connectivity index (χ4n) is 2.48. The third-order valence-corrected chi connectivity index (χ3v) is 6.01. The van der Waals surface area contributed by atoms with E-state index in [-0.39, 0.29) is 27.0 Å². The van der Waals surface area contributed by atoms with Gasteiger partial charge in [-0.3, -0.25) is 0 Å². The Morgan fingerprint density at radius 1 is 1.10 bits per heavy atom. The first-order chi connectivity index (χ1) is 9.42. The number of rotatable bonds is 3. The van der Waals surface area contributed by atoms with Gasteiger partial charge in [0, 0.05) is 12.1 Å². The summed E-state index contributed by atoms with van der Waals surface area (Å²) < 4.78 is 27.6. The van der Waals surface area contributed by atoms with Crippen LogP contribution < -0.4 is 10.5 Å². The number of nitrogens with one attached hydrogen (secondary N) is 1. The van der Waals surface area contributed by atoms with Gasteiger partial charge in [-0.1, -0.05) is 48.5 Å². The van der Waals surface area contributed by atoms with Crippen LogP contribution in [0.1, 0.15) is 32.1 Å². The zero-order valence-electron chi connectivity index (χ0n) is 11.0. The van der Waals surface area contributed by atoms with Crippen molar-refractivity contribution in [3.05, 3.63) is 28.2 Å². The highest BCUT2D eigenvalue weighted by molar-refractivity contribution is 7.89. The highest BCUT2D eigenvalue weighted by atomic mass is 35.5. The number of nitrogens with two attached hydrogens (primary N) is 1. The van der Waals surface area contributed by atoms with Crippen molar-refractivity contribution >= 4 is 33.2 Å². The molecule has 0 heterocycles. The van der Waals surface area contributed by atoms with Crippen LogP contribution in [0.25, 0.3) is 0 Å². The van der Waals surface area contributed by atoms with Gasteiger partial charge in [-0.15, -0.1) is 0 Å². The normalized spacial score (nSPS) is 24.4. The van der Waals surface area contributed by atoms with Gasteiger partial charge in [-0.2, -0.15) is 0 Å². The summed E-state index contributed by atoms with van der Waals surface area (Å²) in [5.74, 6) is 0. The average Bonchev–Trinajstić information content (AvgIpc) is 2.54. The molecule has 7 heteroatoms. The van der Waals surface area contributed by atoms with E-state index in [4.69, 9.17) is 28.9 Å². The Bertz CT molecular complexity index is 557. The molecule has 2 unspecified atom stereocenters. The Kier molecular flexibility index (Phi) is 5.31. The van der Waals surface area contributed by atoms with Crippen molar-refractivity contribution in [2.24, 2.45) is 5.73 Å². The Hall–Kier alpha value is -0.330. The van der Waals surface area contributed by atoms with Gasteiger partial charge in [-0.05, 0) is 25.0 Å². The van der Waals surface area contributed by atoms with Crippen molar-refractivity contribution in [2.45, 2.75) is 49.1 Å². The van der Waals surface area contributed by atoms with E-state index in [1.807, 2.05) is 0 Å². The molecule has 0 bridgehead atoms. The molecule has 0 spiro atoms. The topological polar surface area (TPSA) is 72.2 Å². The van der Waals surface area contributed by atoms with Gasteiger partial charge in [0.15, 0.2) is 0 Å². The molecule has 20 heavy (non-hydrogen) atoms. The molecule has 4 nitrogen and oxygen atoms in total. The van der Waals surface area contributed by atoms with Crippen LogP contribution in [0.15, 0.2) is 23.1 Å². The second-order valence-electron chi connectivity index (χ2n) is 5.08. The molecule has 1 saturated carbocycles. The third-order valence-electron chi connectivity index (χ3n) is 3.56. The Morgan fingerprint density at radius 3 is 2.35 bits per heavy atom.